The van der Waals surface area contributed by atoms with Crippen molar-refractivity contribution >= 4 is 17.9 Å². The van der Waals surface area contributed by atoms with Crippen molar-refractivity contribution in [2.45, 2.75) is 354 Å². The highest BCUT2D eigenvalue weighted by atomic mass is 16.6. The first-order valence-corrected chi connectivity index (χ1v) is 33.3. The number of ether oxygens (including phenoxy) is 3. The standard InChI is InChI=1S/C70H126O6/c1-4-7-10-13-16-19-22-25-28-30-32-33-34-35-36-37-38-40-42-45-48-51-54-57-60-63-69(72)75-66-67(65-74-68(71)62-59-56-53-50-47-44-41-27-24-21-18-15-12-9-6-3)76-70(73)64-61-58-55-52-49-46-43-39-31-29-26-23-20-17-14-11-8-5-2/h20,22-23,25,29-32,34-35,67H,4-19,21,24,26-28,33,36-66H2,1-3H3/b23-20-,25-22-,31-29-,32-30-,35-34-. The Morgan fingerprint density at radius 2 is 0.474 bits per heavy atom. The molecule has 0 radical (unpaired) electrons. The predicted octanol–water partition coefficient (Wildman–Crippen LogP) is 22.7. The highest BCUT2D eigenvalue weighted by molar-refractivity contribution is 5.71. The summed E-state index contributed by atoms with van der Waals surface area (Å²) in [6, 6.07) is 0. The normalized spacial score (nSPS) is 12.4. The van der Waals surface area contributed by atoms with Crippen molar-refractivity contribution in [2.75, 3.05) is 13.2 Å². The second-order valence-electron chi connectivity index (χ2n) is 22.4. The van der Waals surface area contributed by atoms with Gasteiger partial charge in [-0.25, -0.2) is 0 Å². The molecule has 442 valence electrons. The molecule has 0 spiro atoms. The summed E-state index contributed by atoms with van der Waals surface area (Å²) in [7, 11) is 0. The van der Waals surface area contributed by atoms with Gasteiger partial charge >= 0.3 is 17.9 Å². The van der Waals surface area contributed by atoms with Crippen molar-refractivity contribution in [3.05, 3.63) is 60.8 Å². The average Bonchev–Trinajstić information content (AvgIpc) is 3.42. The van der Waals surface area contributed by atoms with E-state index in [-0.39, 0.29) is 31.1 Å². The Morgan fingerprint density at radius 3 is 0.750 bits per heavy atom. The maximum Gasteiger partial charge on any atom is 0.306 e. The van der Waals surface area contributed by atoms with Crippen LogP contribution in [0.1, 0.15) is 348 Å². The van der Waals surface area contributed by atoms with Gasteiger partial charge in [-0.1, -0.05) is 300 Å². The van der Waals surface area contributed by atoms with Gasteiger partial charge in [-0.15, -0.1) is 0 Å². The van der Waals surface area contributed by atoms with Gasteiger partial charge in [0.15, 0.2) is 6.10 Å². The quantitative estimate of drug-likeness (QED) is 0.0261. The van der Waals surface area contributed by atoms with Crippen molar-refractivity contribution in [1.29, 1.82) is 0 Å². The van der Waals surface area contributed by atoms with Crippen LogP contribution in [0.15, 0.2) is 60.8 Å². The number of hydrogen-bond donors (Lipinski definition) is 0. The Balaban J connectivity index is 4.32. The number of carbonyl (C=O) groups excluding carboxylic acids is 3. The van der Waals surface area contributed by atoms with Gasteiger partial charge in [0.1, 0.15) is 13.2 Å². The molecule has 0 amide bonds. The summed E-state index contributed by atoms with van der Waals surface area (Å²) in [5, 5.41) is 0. The first-order valence-electron chi connectivity index (χ1n) is 33.3. The van der Waals surface area contributed by atoms with Crippen LogP contribution in [-0.4, -0.2) is 37.2 Å². The second kappa shape index (κ2) is 64.6. The number of esters is 3. The number of unbranched alkanes of at least 4 members (excludes halogenated alkanes) is 40. The second-order valence-corrected chi connectivity index (χ2v) is 22.4. The van der Waals surface area contributed by atoms with Crippen LogP contribution in [0.3, 0.4) is 0 Å². The van der Waals surface area contributed by atoms with Gasteiger partial charge < -0.3 is 14.2 Å². The fraction of sp³-hybridized carbons (Fsp3) is 0.814. The molecule has 0 heterocycles. The molecule has 0 aliphatic carbocycles. The molecule has 0 aliphatic rings. The molecule has 0 bridgehead atoms. The van der Waals surface area contributed by atoms with Crippen molar-refractivity contribution in [2.24, 2.45) is 0 Å². The Hall–Kier alpha value is -2.89. The molecule has 0 N–H and O–H groups in total. The lowest BCUT2D eigenvalue weighted by Gasteiger charge is -2.18. The zero-order valence-corrected chi connectivity index (χ0v) is 50.8. The van der Waals surface area contributed by atoms with E-state index < -0.39 is 6.10 Å². The monoisotopic (exact) mass is 1060 g/mol. The first-order chi connectivity index (χ1) is 37.5. The third-order valence-corrected chi connectivity index (χ3v) is 14.7. The molecular weight excluding hydrogens is 937 g/mol. The van der Waals surface area contributed by atoms with E-state index in [2.05, 4.69) is 81.5 Å². The fourth-order valence-corrected chi connectivity index (χ4v) is 9.72. The molecule has 0 rings (SSSR count). The highest BCUT2D eigenvalue weighted by Gasteiger charge is 2.19. The summed E-state index contributed by atoms with van der Waals surface area (Å²) >= 11 is 0. The smallest absolute Gasteiger partial charge is 0.306 e. The lowest BCUT2D eigenvalue weighted by atomic mass is 10.0. The molecule has 0 saturated carbocycles. The van der Waals surface area contributed by atoms with Gasteiger partial charge in [0.25, 0.3) is 0 Å². The van der Waals surface area contributed by atoms with Crippen molar-refractivity contribution in [3.8, 4) is 0 Å². The van der Waals surface area contributed by atoms with Crippen LogP contribution in [0.25, 0.3) is 0 Å². The molecule has 76 heavy (non-hydrogen) atoms. The first kappa shape index (κ1) is 73.1. The molecular formula is C70H126O6. The summed E-state index contributed by atoms with van der Waals surface area (Å²) in [4.78, 5) is 38.4. The molecule has 1 unspecified atom stereocenters. The van der Waals surface area contributed by atoms with Gasteiger partial charge in [0, 0.05) is 19.3 Å². The van der Waals surface area contributed by atoms with E-state index in [0.29, 0.717) is 19.3 Å². The Morgan fingerprint density at radius 1 is 0.263 bits per heavy atom. The number of rotatable bonds is 61. The van der Waals surface area contributed by atoms with E-state index in [1.165, 1.54) is 225 Å². The molecule has 1 atom stereocenters. The predicted molar refractivity (Wildman–Crippen MR) is 330 cm³/mol. The van der Waals surface area contributed by atoms with Crippen molar-refractivity contribution in [1.82, 2.24) is 0 Å². The van der Waals surface area contributed by atoms with Crippen LogP contribution in [0.5, 0.6) is 0 Å². The molecule has 0 aromatic rings. The topological polar surface area (TPSA) is 78.9 Å². The number of hydrogen-bond acceptors (Lipinski definition) is 6. The molecule has 0 aromatic heterocycles. The number of carbonyl (C=O) groups is 3. The van der Waals surface area contributed by atoms with E-state index in [4.69, 9.17) is 14.2 Å². The highest BCUT2D eigenvalue weighted by Crippen LogP contribution is 2.17. The van der Waals surface area contributed by atoms with Gasteiger partial charge in [0.05, 0.1) is 0 Å². The van der Waals surface area contributed by atoms with Gasteiger partial charge in [-0.05, 0) is 89.9 Å². The minimum atomic E-state index is -0.780. The average molecular weight is 1060 g/mol. The van der Waals surface area contributed by atoms with E-state index in [1.54, 1.807) is 0 Å². The zero-order chi connectivity index (χ0) is 55.0. The summed E-state index contributed by atoms with van der Waals surface area (Å²) in [6.45, 7) is 6.65. The van der Waals surface area contributed by atoms with Crippen LogP contribution in [0, 0.1) is 0 Å². The lowest BCUT2D eigenvalue weighted by Crippen LogP contribution is -2.30. The van der Waals surface area contributed by atoms with Crippen molar-refractivity contribution in [3.63, 3.8) is 0 Å². The summed E-state index contributed by atoms with van der Waals surface area (Å²) < 4.78 is 17.0. The SMILES string of the molecule is CCCCCC/C=C\C/C=C\CCCCCCCCCC(=O)OC(COC(=O)CCCCCCCCCCCC/C=C\C/C=C\C/C=C\CCCCCCC)COC(=O)CCCCCCCCCCCCCCCCC. The molecule has 0 fully saturated rings. The zero-order valence-electron chi connectivity index (χ0n) is 50.8. The van der Waals surface area contributed by atoms with E-state index >= 15 is 0 Å². The lowest BCUT2D eigenvalue weighted by molar-refractivity contribution is -0.167. The van der Waals surface area contributed by atoms with Crippen LogP contribution in [0.2, 0.25) is 0 Å². The van der Waals surface area contributed by atoms with Crippen LogP contribution in [0.4, 0.5) is 0 Å². The number of allylic oxidation sites excluding steroid dienone is 10. The van der Waals surface area contributed by atoms with Crippen LogP contribution < -0.4 is 0 Å². The van der Waals surface area contributed by atoms with Gasteiger partial charge in [-0.2, -0.15) is 0 Å². The third-order valence-electron chi connectivity index (χ3n) is 14.7. The summed E-state index contributed by atoms with van der Waals surface area (Å²) in [5.41, 5.74) is 0. The van der Waals surface area contributed by atoms with Gasteiger partial charge in [0.2, 0.25) is 0 Å². The van der Waals surface area contributed by atoms with Crippen LogP contribution >= 0.6 is 0 Å². The molecule has 0 saturated heterocycles. The molecule has 6 heteroatoms. The minimum Gasteiger partial charge on any atom is -0.462 e. The maximum atomic E-state index is 12.9. The van der Waals surface area contributed by atoms with E-state index in [9.17, 15) is 14.4 Å². The molecule has 0 aliphatic heterocycles. The van der Waals surface area contributed by atoms with Gasteiger partial charge in [-0.3, -0.25) is 14.4 Å². The fourth-order valence-electron chi connectivity index (χ4n) is 9.72. The minimum absolute atomic E-state index is 0.0751. The third kappa shape index (κ3) is 62.0. The van der Waals surface area contributed by atoms with E-state index in [0.717, 1.165) is 83.5 Å². The summed E-state index contributed by atoms with van der Waals surface area (Å²) in [6.07, 6.45) is 82.2. The van der Waals surface area contributed by atoms with Crippen molar-refractivity contribution < 1.29 is 28.6 Å². The Bertz CT molecular complexity index is 1360. The summed E-state index contributed by atoms with van der Waals surface area (Å²) in [5.74, 6) is -0.867. The molecule has 6 nitrogen and oxygen atoms in total. The largest absolute Gasteiger partial charge is 0.462 e. The molecule has 0 aromatic carbocycles. The Kier molecular flexibility index (Phi) is 62.2. The van der Waals surface area contributed by atoms with E-state index in [1.807, 2.05) is 0 Å². The Labute approximate surface area is 472 Å². The maximum absolute atomic E-state index is 12.9. The van der Waals surface area contributed by atoms with Crippen LogP contribution in [-0.2, 0) is 28.6 Å².